The van der Waals surface area contributed by atoms with Gasteiger partial charge in [0.1, 0.15) is 11.4 Å². The van der Waals surface area contributed by atoms with Crippen LogP contribution in [0.2, 0.25) is 10.0 Å². The van der Waals surface area contributed by atoms with Gasteiger partial charge in [0.2, 0.25) is 0 Å². The second-order valence-electron chi connectivity index (χ2n) is 3.59. The Hall–Kier alpha value is -0.440. The average molecular weight is 235 g/mol. The first kappa shape index (κ1) is 11.6. The first-order valence-corrected chi connectivity index (χ1v) is 4.95. The third-order valence-electron chi connectivity index (χ3n) is 1.66. The molecule has 0 aliphatic carbocycles. The fourth-order valence-electron chi connectivity index (χ4n) is 0.888. The van der Waals surface area contributed by atoms with E-state index in [0.29, 0.717) is 15.8 Å². The molecule has 1 rings (SSSR count). The molecule has 0 fully saturated rings. The maximum Gasteiger partial charge on any atom is 0.138 e. The summed E-state index contributed by atoms with van der Waals surface area (Å²) in [5.74, 6) is 0.523. The lowest BCUT2D eigenvalue weighted by molar-refractivity contribution is 0.0413. The quantitative estimate of drug-likeness (QED) is 0.871. The van der Waals surface area contributed by atoms with E-state index in [1.807, 2.05) is 0 Å². The molecule has 0 bridgehead atoms. The summed E-state index contributed by atoms with van der Waals surface area (Å²) in [5.41, 5.74) is -0.641. The lowest BCUT2D eigenvalue weighted by atomic mass is 10.1. The second-order valence-corrected chi connectivity index (χ2v) is 4.44. The van der Waals surface area contributed by atoms with Crippen molar-refractivity contribution in [2.75, 3.05) is 6.61 Å². The number of hydrogen-bond donors (Lipinski definition) is 1. The van der Waals surface area contributed by atoms with Crippen LogP contribution in [0.4, 0.5) is 0 Å². The van der Waals surface area contributed by atoms with Gasteiger partial charge in [0, 0.05) is 5.02 Å². The van der Waals surface area contributed by atoms with Crippen molar-refractivity contribution in [2.24, 2.45) is 0 Å². The molecule has 1 aromatic rings. The van der Waals surface area contributed by atoms with Crippen LogP contribution in [0.1, 0.15) is 13.8 Å². The Bertz CT molecular complexity index is 324. The molecule has 0 atom stereocenters. The Kier molecular flexibility index (Phi) is 3.65. The van der Waals surface area contributed by atoms with Crippen LogP contribution in [0.15, 0.2) is 18.2 Å². The van der Waals surface area contributed by atoms with E-state index in [0.717, 1.165) is 0 Å². The summed E-state index contributed by atoms with van der Waals surface area (Å²) in [6, 6.07) is 4.98. The molecule has 0 spiro atoms. The van der Waals surface area contributed by atoms with Gasteiger partial charge in [-0.05, 0) is 32.0 Å². The zero-order chi connectivity index (χ0) is 10.8. The lowest BCUT2D eigenvalue weighted by Gasteiger charge is -2.24. The van der Waals surface area contributed by atoms with E-state index in [-0.39, 0.29) is 6.61 Å². The Morgan fingerprint density at radius 3 is 2.50 bits per heavy atom. The van der Waals surface area contributed by atoms with Crippen LogP contribution in [0.3, 0.4) is 0 Å². The van der Waals surface area contributed by atoms with Crippen LogP contribution in [0.25, 0.3) is 0 Å². The third-order valence-corrected chi connectivity index (χ3v) is 2.19. The Morgan fingerprint density at radius 1 is 1.36 bits per heavy atom. The summed E-state index contributed by atoms with van der Waals surface area (Å²) in [4.78, 5) is 0. The molecule has 2 nitrogen and oxygen atoms in total. The molecule has 0 saturated carbocycles. The Labute approximate surface area is 93.4 Å². The number of halogens is 2. The maximum absolute atomic E-state index is 9.01. The average Bonchev–Trinajstić information content (AvgIpc) is 2.10. The van der Waals surface area contributed by atoms with Gasteiger partial charge in [0.05, 0.1) is 11.6 Å². The maximum atomic E-state index is 9.01. The van der Waals surface area contributed by atoms with Crippen molar-refractivity contribution in [1.82, 2.24) is 0 Å². The van der Waals surface area contributed by atoms with Gasteiger partial charge in [-0.3, -0.25) is 0 Å². The van der Waals surface area contributed by atoms with Crippen molar-refractivity contribution in [3.63, 3.8) is 0 Å². The molecule has 0 aliphatic heterocycles. The molecule has 0 aromatic heterocycles. The van der Waals surface area contributed by atoms with Gasteiger partial charge in [0.25, 0.3) is 0 Å². The van der Waals surface area contributed by atoms with Crippen LogP contribution in [-0.2, 0) is 0 Å². The molecule has 4 heteroatoms. The molecule has 0 radical (unpaired) electrons. The smallest absolute Gasteiger partial charge is 0.138 e. The van der Waals surface area contributed by atoms with E-state index in [1.165, 1.54) is 0 Å². The lowest BCUT2D eigenvalue weighted by Crippen LogP contribution is -2.32. The highest BCUT2D eigenvalue weighted by atomic mass is 35.5. The number of benzene rings is 1. The number of aliphatic hydroxyl groups is 1. The van der Waals surface area contributed by atoms with Gasteiger partial charge in [-0.15, -0.1) is 0 Å². The number of aliphatic hydroxyl groups excluding tert-OH is 1. The molecular weight excluding hydrogens is 223 g/mol. The van der Waals surface area contributed by atoms with Crippen LogP contribution >= 0.6 is 23.2 Å². The zero-order valence-corrected chi connectivity index (χ0v) is 9.56. The van der Waals surface area contributed by atoms with Crippen LogP contribution in [-0.4, -0.2) is 17.3 Å². The molecule has 0 saturated heterocycles. The first-order valence-electron chi connectivity index (χ1n) is 4.19. The Balaban J connectivity index is 2.87. The van der Waals surface area contributed by atoms with Crippen molar-refractivity contribution in [1.29, 1.82) is 0 Å². The summed E-state index contributed by atoms with van der Waals surface area (Å²) in [5, 5.41) is 10.0. The highest BCUT2D eigenvalue weighted by Gasteiger charge is 2.19. The van der Waals surface area contributed by atoms with E-state index >= 15 is 0 Å². The van der Waals surface area contributed by atoms with Gasteiger partial charge < -0.3 is 9.84 Å². The summed E-state index contributed by atoms with van der Waals surface area (Å²) < 4.78 is 5.50. The predicted molar refractivity (Wildman–Crippen MR) is 58.3 cm³/mol. The zero-order valence-electron chi connectivity index (χ0n) is 8.05. The summed E-state index contributed by atoms with van der Waals surface area (Å²) in [6.07, 6.45) is 0. The summed E-state index contributed by atoms with van der Waals surface area (Å²) in [6.45, 7) is 3.47. The van der Waals surface area contributed by atoms with Gasteiger partial charge in [-0.25, -0.2) is 0 Å². The molecule has 1 N–H and O–H groups in total. The minimum atomic E-state index is -0.641. The fraction of sp³-hybridized carbons (Fsp3) is 0.400. The van der Waals surface area contributed by atoms with Crippen LogP contribution < -0.4 is 4.74 Å². The highest BCUT2D eigenvalue weighted by molar-refractivity contribution is 6.35. The third kappa shape index (κ3) is 3.05. The molecule has 0 aliphatic rings. The number of hydrogen-bond acceptors (Lipinski definition) is 2. The predicted octanol–water partition coefficient (Wildman–Crippen LogP) is 3.14. The number of rotatable bonds is 3. The fourth-order valence-corrected chi connectivity index (χ4v) is 1.33. The van der Waals surface area contributed by atoms with Gasteiger partial charge in [-0.1, -0.05) is 23.2 Å². The van der Waals surface area contributed by atoms with Crippen LogP contribution in [0.5, 0.6) is 5.75 Å². The van der Waals surface area contributed by atoms with E-state index in [9.17, 15) is 0 Å². The van der Waals surface area contributed by atoms with Crippen molar-refractivity contribution < 1.29 is 9.84 Å². The van der Waals surface area contributed by atoms with Gasteiger partial charge in [0.15, 0.2) is 0 Å². The normalized spacial score (nSPS) is 11.5. The van der Waals surface area contributed by atoms with Gasteiger partial charge >= 0.3 is 0 Å². The van der Waals surface area contributed by atoms with Crippen molar-refractivity contribution in [3.05, 3.63) is 28.2 Å². The molecule has 0 amide bonds. The second kappa shape index (κ2) is 4.39. The summed E-state index contributed by atoms with van der Waals surface area (Å²) >= 11 is 11.6. The molecule has 0 heterocycles. The largest absolute Gasteiger partial charge is 0.484 e. The topological polar surface area (TPSA) is 29.5 Å². The highest BCUT2D eigenvalue weighted by Crippen LogP contribution is 2.30. The SMILES string of the molecule is CC(C)(CO)Oc1ccc(Cl)cc1Cl. The van der Waals surface area contributed by atoms with E-state index in [1.54, 1.807) is 32.0 Å². The first-order chi connectivity index (χ1) is 6.44. The summed E-state index contributed by atoms with van der Waals surface area (Å²) in [7, 11) is 0. The van der Waals surface area contributed by atoms with Crippen molar-refractivity contribution >= 4 is 23.2 Å². The molecule has 78 valence electrons. The minimum absolute atomic E-state index is 0.0774. The molecular formula is C10H12Cl2O2. The molecule has 0 unspecified atom stereocenters. The van der Waals surface area contributed by atoms with E-state index in [4.69, 9.17) is 33.0 Å². The monoisotopic (exact) mass is 234 g/mol. The Morgan fingerprint density at radius 2 is 2.00 bits per heavy atom. The van der Waals surface area contributed by atoms with Crippen LogP contribution in [0, 0.1) is 0 Å². The van der Waals surface area contributed by atoms with E-state index < -0.39 is 5.60 Å². The molecule has 14 heavy (non-hydrogen) atoms. The standard InChI is InChI=1S/C10H12Cl2O2/c1-10(2,6-13)14-9-4-3-7(11)5-8(9)12/h3-5,13H,6H2,1-2H3. The molecule has 1 aromatic carbocycles. The van der Waals surface area contributed by atoms with Crippen molar-refractivity contribution in [3.8, 4) is 5.75 Å². The van der Waals surface area contributed by atoms with E-state index in [2.05, 4.69) is 0 Å². The number of ether oxygens (including phenoxy) is 1. The minimum Gasteiger partial charge on any atom is -0.484 e. The van der Waals surface area contributed by atoms with Crippen molar-refractivity contribution in [2.45, 2.75) is 19.4 Å². The van der Waals surface area contributed by atoms with Gasteiger partial charge in [-0.2, -0.15) is 0 Å².